The van der Waals surface area contributed by atoms with Crippen molar-refractivity contribution < 1.29 is 4.39 Å². The number of rotatable bonds is 2. The molecule has 0 unspecified atom stereocenters. The summed E-state index contributed by atoms with van der Waals surface area (Å²) < 4.78 is 13.7. The van der Waals surface area contributed by atoms with Gasteiger partial charge in [-0.05, 0) is 40.6 Å². The SMILES string of the molecule is CC(C)c1nc(-c2ccc(F)cn2)nc(Cl)c1I. The van der Waals surface area contributed by atoms with Gasteiger partial charge in [0.2, 0.25) is 0 Å². The van der Waals surface area contributed by atoms with Gasteiger partial charge in [0, 0.05) is 0 Å². The van der Waals surface area contributed by atoms with Crippen LogP contribution in [0.3, 0.4) is 0 Å². The molecule has 0 fully saturated rings. The minimum absolute atomic E-state index is 0.233. The lowest BCUT2D eigenvalue weighted by Crippen LogP contribution is -2.03. The van der Waals surface area contributed by atoms with Crippen LogP contribution < -0.4 is 0 Å². The summed E-state index contributed by atoms with van der Waals surface area (Å²) in [5.41, 5.74) is 1.38. The highest BCUT2D eigenvalue weighted by molar-refractivity contribution is 14.1. The highest BCUT2D eigenvalue weighted by atomic mass is 127. The molecule has 0 aromatic carbocycles. The molecule has 2 aromatic rings. The molecule has 0 bridgehead atoms. The van der Waals surface area contributed by atoms with E-state index in [-0.39, 0.29) is 11.7 Å². The summed E-state index contributed by atoms with van der Waals surface area (Å²) in [6.45, 7) is 4.06. The molecule has 0 aliphatic carbocycles. The summed E-state index contributed by atoms with van der Waals surface area (Å²) in [6, 6.07) is 2.87. The maximum Gasteiger partial charge on any atom is 0.179 e. The van der Waals surface area contributed by atoms with Gasteiger partial charge < -0.3 is 0 Å². The van der Waals surface area contributed by atoms with E-state index in [1.807, 2.05) is 13.8 Å². The highest BCUT2D eigenvalue weighted by Crippen LogP contribution is 2.27. The molecule has 0 radical (unpaired) electrons. The van der Waals surface area contributed by atoms with E-state index in [0.29, 0.717) is 16.7 Å². The van der Waals surface area contributed by atoms with Gasteiger partial charge in [-0.1, -0.05) is 25.4 Å². The zero-order chi connectivity index (χ0) is 13.3. The monoisotopic (exact) mass is 377 g/mol. The Balaban J connectivity index is 2.55. The number of aromatic nitrogens is 3. The van der Waals surface area contributed by atoms with E-state index in [1.54, 1.807) is 0 Å². The molecule has 0 amide bonds. The van der Waals surface area contributed by atoms with Crippen molar-refractivity contribution in [3.05, 3.63) is 38.6 Å². The van der Waals surface area contributed by atoms with Gasteiger partial charge in [-0.15, -0.1) is 0 Å². The Kier molecular flexibility index (Phi) is 4.11. The summed E-state index contributed by atoms with van der Waals surface area (Å²) in [5, 5.41) is 0.399. The van der Waals surface area contributed by atoms with Crippen LogP contribution in [-0.2, 0) is 0 Å². The van der Waals surface area contributed by atoms with Crippen LogP contribution in [0.4, 0.5) is 4.39 Å². The maximum absolute atomic E-state index is 12.8. The first-order chi connectivity index (χ1) is 8.49. The van der Waals surface area contributed by atoms with E-state index >= 15 is 0 Å². The first kappa shape index (κ1) is 13.6. The van der Waals surface area contributed by atoms with Crippen molar-refractivity contribution in [3.63, 3.8) is 0 Å². The minimum atomic E-state index is -0.389. The predicted molar refractivity (Wildman–Crippen MR) is 77.0 cm³/mol. The van der Waals surface area contributed by atoms with E-state index in [0.717, 1.165) is 15.5 Å². The van der Waals surface area contributed by atoms with Gasteiger partial charge in [-0.25, -0.2) is 19.3 Å². The fourth-order valence-electron chi connectivity index (χ4n) is 1.44. The Morgan fingerprint density at radius 2 is 2.00 bits per heavy atom. The molecule has 0 saturated carbocycles. The van der Waals surface area contributed by atoms with Crippen molar-refractivity contribution in [3.8, 4) is 11.5 Å². The average Bonchev–Trinajstić information content (AvgIpc) is 2.33. The predicted octanol–water partition coefficient (Wildman–Crippen LogP) is 4.06. The summed E-state index contributed by atoms with van der Waals surface area (Å²) in [4.78, 5) is 12.6. The molecule has 0 spiro atoms. The molecule has 0 atom stereocenters. The number of hydrogen-bond donors (Lipinski definition) is 0. The van der Waals surface area contributed by atoms with Crippen molar-refractivity contribution >= 4 is 34.2 Å². The largest absolute Gasteiger partial charge is 0.250 e. The highest BCUT2D eigenvalue weighted by Gasteiger charge is 2.15. The molecule has 3 nitrogen and oxygen atoms in total. The zero-order valence-electron chi connectivity index (χ0n) is 9.78. The van der Waals surface area contributed by atoms with Crippen molar-refractivity contribution in [2.75, 3.05) is 0 Å². The molecule has 6 heteroatoms. The Morgan fingerprint density at radius 3 is 2.56 bits per heavy atom. The van der Waals surface area contributed by atoms with E-state index in [1.165, 1.54) is 12.1 Å². The first-order valence-corrected chi connectivity index (χ1v) is 6.79. The molecule has 2 rings (SSSR count). The number of halogens is 3. The van der Waals surface area contributed by atoms with Crippen LogP contribution in [0.1, 0.15) is 25.5 Å². The van der Waals surface area contributed by atoms with Gasteiger partial charge in [0.05, 0.1) is 15.5 Å². The molecule has 2 aromatic heterocycles. The minimum Gasteiger partial charge on any atom is -0.250 e. The van der Waals surface area contributed by atoms with Gasteiger partial charge in [-0.3, -0.25) is 0 Å². The fraction of sp³-hybridized carbons (Fsp3) is 0.250. The van der Waals surface area contributed by atoms with Gasteiger partial charge in [0.25, 0.3) is 0 Å². The van der Waals surface area contributed by atoms with Crippen LogP contribution in [0.2, 0.25) is 5.15 Å². The molecule has 2 heterocycles. The van der Waals surface area contributed by atoms with Crippen molar-refractivity contribution in [1.29, 1.82) is 0 Å². The molecule has 0 saturated heterocycles. The average molecular weight is 378 g/mol. The lowest BCUT2D eigenvalue weighted by Gasteiger charge is -2.10. The van der Waals surface area contributed by atoms with E-state index < -0.39 is 0 Å². The third kappa shape index (κ3) is 2.77. The van der Waals surface area contributed by atoms with Crippen LogP contribution in [0.5, 0.6) is 0 Å². The molecule has 18 heavy (non-hydrogen) atoms. The molecular weight excluding hydrogens is 368 g/mol. The topological polar surface area (TPSA) is 38.7 Å². The van der Waals surface area contributed by atoms with Gasteiger partial charge in [0.15, 0.2) is 5.82 Å². The Bertz CT molecular complexity index is 572. The molecule has 0 aliphatic rings. The Morgan fingerprint density at radius 1 is 1.28 bits per heavy atom. The molecule has 94 valence electrons. The van der Waals surface area contributed by atoms with Gasteiger partial charge in [0.1, 0.15) is 16.7 Å². The third-order valence-electron chi connectivity index (χ3n) is 2.34. The van der Waals surface area contributed by atoms with Crippen molar-refractivity contribution in [2.45, 2.75) is 19.8 Å². The lowest BCUT2D eigenvalue weighted by molar-refractivity contribution is 0.621. The second kappa shape index (κ2) is 5.44. The van der Waals surface area contributed by atoms with Crippen LogP contribution in [0.15, 0.2) is 18.3 Å². The normalized spacial score (nSPS) is 11.0. The number of nitrogens with zero attached hydrogens (tertiary/aromatic N) is 3. The lowest BCUT2D eigenvalue weighted by atomic mass is 10.1. The summed E-state index contributed by atoms with van der Waals surface area (Å²) in [6.07, 6.45) is 1.14. The van der Waals surface area contributed by atoms with Crippen LogP contribution in [0, 0.1) is 9.39 Å². The van der Waals surface area contributed by atoms with E-state index in [4.69, 9.17) is 11.6 Å². The Labute approximate surface area is 123 Å². The van der Waals surface area contributed by atoms with Crippen LogP contribution in [-0.4, -0.2) is 15.0 Å². The van der Waals surface area contributed by atoms with Crippen LogP contribution >= 0.6 is 34.2 Å². The smallest absolute Gasteiger partial charge is 0.179 e. The third-order valence-corrected chi connectivity index (χ3v) is 4.00. The first-order valence-electron chi connectivity index (χ1n) is 5.34. The quantitative estimate of drug-likeness (QED) is 0.585. The fourth-order valence-corrected chi connectivity index (χ4v) is 2.48. The van der Waals surface area contributed by atoms with E-state index in [2.05, 4.69) is 37.5 Å². The summed E-state index contributed by atoms with van der Waals surface area (Å²) >= 11 is 8.21. The van der Waals surface area contributed by atoms with E-state index in [9.17, 15) is 4.39 Å². The summed E-state index contributed by atoms with van der Waals surface area (Å²) in [7, 11) is 0. The Hall–Kier alpha value is -0.820. The van der Waals surface area contributed by atoms with Crippen molar-refractivity contribution in [2.24, 2.45) is 0 Å². The maximum atomic E-state index is 12.8. The number of hydrogen-bond acceptors (Lipinski definition) is 3. The van der Waals surface area contributed by atoms with Gasteiger partial charge in [-0.2, -0.15) is 0 Å². The number of pyridine rings is 1. The van der Waals surface area contributed by atoms with Crippen LogP contribution in [0.25, 0.3) is 11.5 Å². The standard InChI is InChI=1S/C12H10ClFIN3/c1-6(2)10-9(15)11(13)18-12(17-10)8-4-3-7(14)5-16-8/h3-6H,1-2H3. The molecular formula is C12H10ClFIN3. The molecule has 0 N–H and O–H groups in total. The zero-order valence-corrected chi connectivity index (χ0v) is 12.7. The summed E-state index contributed by atoms with van der Waals surface area (Å²) in [5.74, 6) is 0.264. The molecule has 0 aliphatic heterocycles. The van der Waals surface area contributed by atoms with Crippen molar-refractivity contribution in [1.82, 2.24) is 15.0 Å². The second-order valence-corrected chi connectivity index (χ2v) is 5.49. The second-order valence-electron chi connectivity index (χ2n) is 4.05. The van der Waals surface area contributed by atoms with Gasteiger partial charge >= 0.3 is 0 Å².